The topological polar surface area (TPSA) is 74.6 Å². The van der Waals surface area contributed by atoms with Gasteiger partial charge in [0, 0.05) is 19.3 Å². The Morgan fingerprint density at radius 2 is 1.80 bits per heavy atom. The summed E-state index contributed by atoms with van der Waals surface area (Å²) < 4.78 is 0. The van der Waals surface area contributed by atoms with Crippen LogP contribution in [0, 0.1) is 0 Å². The Kier molecular flexibility index (Phi) is 6.05. The molecular weight excluding hydrogens is 196 g/mol. The quantitative estimate of drug-likeness (QED) is 0.489. The first-order valence-corrected chi connectivity index (χ1v) is 5.11. The number of allylic oxidation sites excluding steroid dienone is 2. The monoisotopic (exact) mass is 214 g/mol. The maximum atomic E-state index is 11.0. The van der Waals surface area contributed by atoms with Crippen molar-refractivity contribution in [3.8, 4) is 0 Å². The molecule has 86 valence electrons. The van der Waals surface area contributed by atoms with Gasteiger partial charge in [0.15, 0.2) is 11.6 Å². The Hall–Kier alpha value is -1.00. The van der Waals surface area contributed by atoms with Crippen molar-refractivity contribution >= 4 is 11.6 Å². The molecule has 0 saturated heterocycles. The second kappa shape index (κ2) is 6.48. The molecule has 0 aromatic rings. The van der Waals surface area contributed by atoms with Crippen LogP contribution < -0.4 is 0 Å². The Morgan fingerprint density at radius 1 is 1.20 bits per heavy atom. The van der Waals surface area contributed by atoms with Crippen molar-refractivity contribution < 1.29 is 19.8 Å². The Balaban J connectivity index is 4.00. The summed E-state index contributed by atoms with van der Waals surface area (Å²) in [4.78, 5) is 21.9. The lowest BCUT2D eigenvalue weighted by Crippen LogP contribution is -2.37. The minimum absolute atomic E-state index is 0.0155. The fraction of sp³-hybridized carbons (Fsp3) is 0.636. The van der Waals surface area contributed by atoms with Crippen LogP contribution in [0.5, 0.6) is 0 Å². The average Bonchev–Trinajstić information content (AvgIpc) is 2.22. The molecule has 0 amide bonds. The van der Waals surface area contributed by atoms with Crippen LogP contribution in [0.3, 0.4) is 0 Å². The number of hydrogen-bond donors (Lipinski definition) is 2. The van der Waals surface area contributed by atoms with Gasteiger partial charge < -0.3 is 10.2 Å². The number of aliphatic hydroxyl groups is 2. The second-order valence-corrected chi connectivity index (χ2v) is 3.35. The van der Waals surface area contributed by atoms with Crippen molar-refractivity contribution in [2.75, 3.05) is 0 Å². The molecule has 2 N–H and O–H groups in total. The molecule has 0 radical (unpaired) electrons. The van der Waals surface area contributed by atoms with Crippen LogP contribution in [-0.2, 0) is 9.59 Å². The number of ketones is 2. The lowest BCUT2D eigenvalue weighted by molar-refractivity contribution is -0.184. The summed E-state index contributed by atoms with van der Waals surface area (Å²) >= 11 is 0. The van der Waals surface area contributed by atoms with Crippen molar-refractivity contribution in [3.63, 3.8) is 0 Å². The molecule has 15 heavy (non-hydrogen) atoms. The highest BCUT2D eigenvalue weighted by atomic mass is 16.5. The van der Waals surface area contributed by atoms with Gasteiger partial charge >= 0.3 is 0 Å². The van der Waals surface area contributed by atoms with Gasteiger partial charge in [-0.2, -0.15) is 0 Å². The molecule has 0 aromatic carbocycles. The zero-order chi connectivity index (χ0) is 11.9. The zero-order valence-corrected chi connectivity index (χ0v) is 9.19. The highest BCUT2D eigenvalue weighted by Crippen LogP contribution is 2.12. The summed E-state index contributed by atoms with van der Waals surface area (Å²) in [5, 5.41) is 18.6. The lowest BCUT2D eigenvalue weighted by atomic mass is 10.0. The first-order valence-electron chi connectivity index (χ1n) is 5.11. The standard InChI is InChI=1S/C11H18O4/c1-3-9(12)7-5-6-8-11(14,15)10(13)4-2/h5,7,14-15H,3-4,6,8H2,1-2H3. The fourth-order valence-corrected chi connectivity index (χ4v) is 1.04. The molecule has 0 aliphatic heterocycles. The fourth-order valence-electron chi connectivity index (χ4n) is 1.04. The third-order valence-electron chi connectivity index (χ3n) is 2.08. The van der Waals surface area contributed by atoms with E-state index in [0.717, 1.165) is 0 Å². The number of Topliss-reactive ketones (excluding diaryl/α,β-unsaturated/α-hetero) is 1. The lowest BCUT2D eigenvalue weighted by Gasteiger charge is -2.18. The molecule has 0 aliphatic carbocycles. The van der Waals surface area contributed by atoms with Crippen LogP contribution in [0.1, 0.15) is 39.5 Å². The van der Waals surface area contributed by atoms with Gasteiger partial charge in [-0.3, -0.25) is 9.59 Å². The van der Waals surface area contributed by atoms with Crippen LogP contribution >= 0.6 is 0 Å². The predicted molar refractivity (Wildman–Crippen MR) is 56.1 cm³/mol. The largest absolute Gasteiger partial charge is 0.360 e. The van der Waals surface area contributed by atoms with E-state index < -0.39 is 11.6 Å². The molecule has 0 fully saturated rings. The van der Waals surface area contributed by atoms with Gasteiger partial charge in [0.25, 0.3) is 0 Å². The van der Waals surface area contributed by atoms with Crippen molar-refractivity contribution in [1.82, 2.24) is 0 Å². The first kappa shape index (κ1) is 14.0. The molecule has 0 bridgehead atoms. The predicted octanol–water partition coefficient (Wildman–Crippen LogP) is 0.962. The van der Waals surface area contributed by atoms with Crippen LogP contribution in [0.25, 0.3) is 0 Å². The van der Waals surface area contributed by atoms with E-state index in [1.165, 1.54) is 6.08 Å². The van der Waals surface area contributed by atoms with Gasteiger partial charge in [-0.25, -0.2) is 0 Å². The SMILES string of the molecule is CCC(=O)C=CCCC(O)(O)C(=O)CC. The minimum Gasteiger partial charge on any atom is -0.360 e. The van der Waals surface area contributed by atoms with E-state index in [9.17, 15) is 19.8 Å². The van der Waals surface area contributed by atoms with Crippen molar-refractivity contribution in [2.45, 2.75) is 45.3 Å². The van der Waals surface area contributed by atoms with Gasteiger partial charge in [-0.05, 0) is 12.5 Å². The highest BCUT2D eigenvalue weighted by Gasteiger charge is 2.29. The summed E-state index contributed by atoms with van der Waals surface area (Å²) in [6.45, 7) is 3.32. The molecule has 4 heteroatoms. The van der Waals surface area contributed by atoms with Gasteiger partial charge in [0.05, 0.1) is 0 Å². The number of carbonyl (C=O) groups is 2. The summed E-state index contributed by atoms with van der Waals surface area (Å²) in [5.41, 5.74) is 0. The number of hydrogen-bond acceptors (Lipinski definition) is 4. The Labute approximate surface area is 89.6 Å². The van der Waals surface area contributed by atoms with Crippen molar-refractivity contribution in [1.29, 1.82) is 0 Å². The van der Waals surface area contributed by atoms with E-state index in [-0.39, 0.29) is 18.6 Å². The van der Waals surface area contributed by atoms with Crippen molar-refractivity contribution in [2.24, 2.45) is 0 Å². The molecule has 0 saturated carbocycles. The summed E-state index contributed by atoms with van der Waals surface area (Å²) in [7, 11) is 0. The Bertz CT molecular complexity index is 253. The minimum atomic E-state index is -2.26. The molecular formula is C11H18O4. The molecule has 0 spiro atoms. The molecule has 0 heterocycles. The third kappa shape index (κ3) is 5.44. The van der Waals surface area contributed by atoms with Gasteiger partial charge in [0.1, 0.15) is 0 Å². The van der Waals surface area contributed by atoms with Crippen molar-refractivity contribution in [3.05, 3.63) is 12.2 Å². The van der Waals surface area contributed by atoms with Crippen LogP contribution in [-0.4, -0.2) is 27.6 Å². The molecule has 4 nitrogen and oxygen atoms in total. The Morgan fingerprint density at radius 3 is 2.27 bits per heavy atom. The van der Waals surface area contributed by atoms with E-state index in [1.807, 2.05) is 0 Å². The average molecular weight is 214 g/mol. The van der Waals surface area contributed by atoms with Gasteiger partial charge in [-0.1, -0.05) is 19.9 Å². The summed E-state index contributed by atoms with van der Waals surface area (Å²) in [6, 6.07) is 0. The molecule has 0 aliphatic rings. The van der Waals surface area contributed by atoms with Crippen LogP contribution in [0.2, 0.25) is 0 Å². The maximum Gasteiger partial charge on any atom is 0.224 e. The second-order valence-electron chi connectivity index (χ2n) is 3.35. The van der Waals surface area contributed by atoms with Crippen LogP contribution in [0.15, 0.2) is 12.2 Å². The number of rotatable bonds is 7. The smallest absolute Gasteiger partial charge is 0.224 e. The molecule has 0 atom stereocenters. The van der Waals surface area contributed by atoms with Gasteiger partial charge in [0.2, 0.25) is 5.79 Å². The highest BCUT2D eigenvalue weighted by molar-refractivity contribution is 5.89. The molecule has 0 rings (SSSR count). The number of carbonyl (C=O) groups excluding carboxylic acids is 2. The summed E-state index contributed by atoms with van der Waals surface area (Å²) in [5.74, 6) is -2.87. The van der Waals surface area contributed by atoms with E-state index in [4.69, 9.17) is 0 Å². The van der Waals surface area contributed by atoms with Gasteiger partial charge in [-0.15, -0.1) is 0 Å². The van der Waals surface area contributed by atoms with E-state index in [1.54, 1.807) is 19.9 Å². The zero-order valence-electron chi connectivity index (χ0n) is 9.19. The van der Waals surface area contributed by atoms with E-state index in [0.29, 0.717) is 12.8 Å². The first-order chi connectivity index (χ1) is 6.94. The van der Waals surface area contributed by atoms with Crippen LogP contribution in [0.4, 0.5) is 0 Å². The maximum absolute atomic E-state index is 11.0. The van der Waals surface area contributed by atoms with E-state index in [2.05, 4.69) is 0 Å². The molecule has 0 aromatic heterocycles. The normalized spacial score (nSPS) is 12.0. The third-order valence-corrected chi connectivity index (χ3v) is 2.08. The van der Waals surface area contributed by atoms with E-state index >= 15 is 0 Å². The molecule has 0 unspecified atom stereocenters. The summed E-state index contributed by atoms with van der Waals surface area (Å²) in [6.07, 6.45) is 3.68.